The predicted octanol–water partition coefficient (Wildman–Crippen LogP) is 1.12. The maximum absolute atomic E-state index is 12.1. The molecule has 0 saturated carbocycles. The monoisotopic (exact) mass is 309 g/mol. The number of aromatic carboxylic acids is 1. The van der Waals surface area contributed by atoms with Gasteiger partial charge in [0.25, 0.3) is 5.91 Å². The van der Waals surface area contributed by atoms with Crippen LogP contribution in [-0.4, -0.2) is 38.0 Å². The van der Waals surface area contributed by atoms with Crippen molar-refractivity contribution < 1.29 is 24.6 Å². The standard InChI is InChI=1S/C12H11N3O5S/c16-8(17)4-6(7-2-1-3-21-7)15-11(18)9-10(12(19)20)14-5-13-9/h1-3,5-6H,4H2,(H,13,14)(H,15,18)(H,16,17)(H,19,20)/t6-/m1/s1. The summed E-state index contributed by atoms with van der Waals surface area (Å²) in [6.07, 6.45) is 0.787. The molecule has 2 aromatic heterocycles. The second-order valence-electron chi connectivity index (χ2n) is 4.07. The van der Waals surface area contributed by atoms with Crippen LogP contribution in [0.2, 0.25) is 0 Å². The molecule has 0 bridgehead atoms. The number of nitrogens with one attached hydrogen (secondary N) is 2. The largest absolute Gasteiger partial charge is 0.481 e. The number of carbonyl (C=O) groups is 3. The van der Waals surface area contributed by atoms with Gasteiger partial charge in [0.15, 0.2) is 11.4 Å². The molecule has 0 saturated heterocycles. The van der Waals surface area contributed by atoms with E-state index in [1.54, 1.807) is 17.5 Å². The quantitative estimate of drug-likeness (QED) is 0.632. The minimum absolute atomic E-state index is 0.283. The lowest BCUT2D eigenvalue weighted by molar-refractivity contribution is -0.137. The molecular weight excluding hydrogens is 298 g/mol. The van der Waals surface area contributed by atoms with Gasteiger partial charge in [0.05, 0.1) is 18.8 Å². The van der Waals surface area contributed by atoms with Crippen molar-refractivity contribution in [2.75, 3.05) is 0 Å². The number of thiophene rings is 1. The molecule has 110 valence electrons. The smallest absolute Gasteiger partial charge is 0.354 e. The van der Waals surface area contributed by atoms with Crippen molar-refractivity contribution in [3.05, 3.63) is 40.1 Å². The molecular formula is C12H11N3O5S. The fourth-order valence-electron chi connectivity index (χ4n) is 1.74. The second kappa shape index (κ2) is 6.18. The highest BCUT2D eigenvalue weighted by Crippen LogP contribution is 2.22. The summed E-state index contributed by atoms with van der Waals surface area (Å²) in [5.41, 5.74) is -0.623. The summed E-state index contributed by atoms with van der Waals surface area (Å²) in [4.78, 5) is 40.6. The summed E-state index contributed by atoms with van der Waals surface area (Å²) in [5.74, 6) is -3.13. The molecule has 0 unspecified atom stereocenters. The Balaban J connectivity index is 2.20. The summed E-state index contributed by atoms with van der Waals surface area (Å²) in [5, 5.41) is 22.1. The number of aromatic amines is 1. The summed E-state index contributed by atoms with van der Waals surface area (Å²) in [6.45, 7) is 0. The Morgan fingerprint density at radius 3 is 2.71 bits per heavy atom. The van der Waals surface area contributed by atoms with E-state index in [1.807, 2.05) is 0 Å². The zero-order valence-corrected chi connectivity index (χ0v) is 11.4. The summed E-state index contributed by atoms with van der Waals surface area (Å²) < 4.78 is 0. The van der Waals surface area contributed by atoms with E-state index >= 15 is 0 Å². The third kappa shape index (κ3) is 3.45. The van der Waals surface area contributed by atoms with Crippen LogP contribution in [0.15, 0.2) is 23.8 Å². The van der Waals surface area contributed by atoms with E-state index in [2.05, 4.69) is 15.3 Å². The van der Waals surface area contributed by atoms with Gasteiger partial charge in [-0.3, -0.25) is 9.59 Å². The van der Waals surface area contributed by atoms with Crippen LogP contribution in [-0.2, 0) is 4.79 Å². The lowest BCUT2D eigenvalue weighted by atomic mass is 10.1. The van der Waals surface area contributed by atoms with E-state index in [0.717, 1.165) is 6.33 Å². The number of nitrogens with zero attached hydrogens (tertiary/aromatic N) is 1. The molecule has 0 aromatic carbocycles. The van der Waals surface area contributed by atoms with Gasteiger partial charge >= 0.3 is 11.9 Å². The van der Waals surface area contributed by atoms with E-state index < -0.39 is 23.9 Å². The summed E-state index contributed by atoms with van der Waals surface area (Å²) >= 11 is 1.30. The Labute approximate surface area is 122 Å². The number of aliphatic carboxylic acids is 1. The van der Waals surface area contributed by atoms with Crippen LogP contribution in [0, 0.1) is 0 Å². The molecule has 0 aliphatic rings. The van der Waals surface area contributed by atoms with Crippen molar-refractivity contribution in [1.29, 1.82) is 0 Å². The van der Waals surface area contributed by atoms with Gasteiger partial charge in [-0.1, -0.05) is 6.07 Å². The summed E-state index contributed by atoms with van der Waals surface area (Å²) in [6, 6.07) is 2.69. The van der Waals surface area contributed by atoms with Crippen molar-refractivity contribution in [3.63, 3.8) is 0 Å². The number of aromatic nitrogens is 2. The van der Waals surface area contributed by atoms with Crippen molar-refractivity contribution in [2.24, 2.45) is 0 Å². The first-order valence-electron chi connectivity index (χ1n) is 5.81. The van der Waals surface area contributed by atoms with Gasteiger partial charge < -0.3 is 20.5 Å². The molecule has 0 radical (unpaired) electrons. The number of hydrogen-bond donors (Lipinski definition) is 4. The fourth-order valence-corrected chi connectivity index (χ4v) is 2.52. The van der Waals surface area contributed by atoms with Crippen molar-refractivity contribution in [1.82, 2.24) is 15.3 Å². The third-order valence-corrected chi connectivity index (χ3v) is 3.62. The highest BCUT2D eigenvalue weighted by atomic mass is 32.1. The molecule has 2 rings (SSSR count). The second-order valence-corrected chi connectivity index (χ2v) is 5.05. The molecule has 9 heteroatoms. The topological polar surface area (TPSA) is 132 Å². The number of carboxylic acid groups (broad SMARTS) is 2. The van der Waals surface area contributed by atoms with Crippen LogP contribution in [0.25, 0.3) is 0 Å². The van der Waals surface area contributed by atoms with Gasteiger partial charge in [0.2, 0.25) is 0 Å². The van der Waals surface area contributed by atoms with Crippen LogP contribution >= 0.6 is 11.3 Å². The Kier molecular flexibility index (Phi) is 4.33. The lowest BCUT2D eigenvalue weighted by Crippen LogP contribution is -2.31. The summed E-state index contributed by atoms with van der Waals surface area (Å²) in [7, 11) is 0. The third-order valence-electron chi connectivity index (χ3n) is 2.64. The van der Waals surface area contributed by atoms with Crippen molar-refractivity contribution in [3.8, 4) is 0 Å². The number of hydrogen-bond acceptors (Lipinski definition) is 5. The SMILES string of the molecule is O=C(O)C[C@@H](NC(=O)c1nc[nH]c1C(=O)O)c1cccs1. The molecule has 0 aliphatic carbocycles. The fraction of sp³-hybridized carbons (Fsp3) is 0.167. The Morgan fingerprint density at radius 1 is 1.38 bits per heavy atom. The number of amides is 1. The first kappa shape index (κ1) is 14.7. The van der Waals surface area contributed by atoms with Gasteiger partial charge in [-0.2, -0.15) is 0 Å². The molecule has 0 fully saturated rings. The Morgan fingerprint density at radius 2 is 2.14 bits per heavy atom. The maximum Gasteiger partial charge on any atom is 0.354 e. The van der Waals surface area contributed by atoms with Crippen LogP contribution in [0.4, 0.5) is 0 Å². The Bertz CT molecular complexity index is 664. The molecule has 4 N–H and O–H groups in total. The molecule has 1 atom stereocenters. The van der Waals surface area contributed by atoms with Crippen LogP contribution in [0.5, 0.6) is 0 Å². The molecule has 0 spiro atoms. The van der Waals surface area contributed by atoms with Gasteiger partial charge in [-0.15, -0.1) is 11.3 Å². The van der Waals surface area contributed by atoms with Gasteiger partial charge in [-0.25, -0.2) is 9.78 Å². The number of carbonyl (C=O) groups excluding carboxylic acids is 1. The van der Waals surface area contributed by atoms with E-state index in [1.165, 1.54) is 11.3 Å². The van der Waals surface area contributed by atoms with E-state index in [0.29, 0.717) is 4.88 Å². The highest BCUT2D eigenvalue weighted by molar-refractivity contribution is 7.10. The average Bonchev–Trinajstić information content (AvgIpc) is 3.08. The van der Waals surface area contributed by atoms with Gasteiger partial charge in [0, 0.05) is 4.88 Å². The maximum atomic E-state index is 12.1. The van der Waals surface area contributed by atoms with Crippen LogP contribution in [0.1, 0.15) is 38.3 Å². The number of rotatable bonds is 6. The normalized spacial score (nSPS) is 11.8. The van der Waals surface area contributed by atoms with E-state index in [9.17, 15) is 14.4 Å². The Hall–Kier alpha value is -2.68. The number of carboxylic acids is 2. The zero-order chi connectivity index (χ0) is 15.4. The number of imidazole rings is 1. The average molecular weight is 309 g/mol. The van der Waals surface area contributed by atoms with E-state index in [4.69, 9.17) is 10.2 Å². The molecule has 21 heavy (non-hydrogen) atoms. The minimum Gasteiger partial charge on any atom is -0.481 e. The predicted molar refractivity (Wildman–Crippen MR) is 72.3 cm³/mol. The first-order valence-corrected chi connectivity index (χ1v) is 6.69. The molecule has 1 amide bonds. The zero-order valence-electron chi connectivity index (χ0n) is 10.6. The molecule has 8 nitrogen and oxygen atoms in total. The van der Waals surface area contributed by atoms with Crippen LogP contribution in [0.3, 0.4) is 0 Å². The molecule has 2 heterocycles. The minimum atomic E-state index is -1.32. The molecule has 0 aliphatic heterocycles. The van der Waals surface area contributed by atoms with Crippen molar-refractivity contribution in [2.45, 2.75) is 12.5 Å². The van der Waals surface area contributed by atoms with Gasteiger partial charge in [-0.05, 0) is 11.4 Å². The van der Waals surface area contributed by atoms with Crippen molar-refractivity contribution >= 4 is 29.2 Å². The van der Waals surface area contributed by atoms with Crippen LogP contribution < -0.4 is 5.32 Å². The molecule has 2 aromatic rings. The lowest BCUT2D eigenvalue weighted by Gasteiger charge is -2.14. The highest BCUT2D eigenvalue weighted by Gasteiger charge is 2.24. The number of H-pyrrole nitrogens is 1. The first-order chi connectivity index (χ1) is 9.99. The van der Waals surface area contributed by atoms with E-state index in [-0.39, 0.29) is 17.8 Å². The van der Waals surface area contributed by atoms with Gasteiger partial charge in [0.1, 0.15) is 0 Å².